The van der Waals surface area contributed by atoms with Crippen molar-refractivity contribution in [2.24, 2.45) is 0 Å². The van der Waals surface area contributed by atoms with Crippen LogP contribution in [-0.4, -0.2) is 11.3 Å². The second-order valence-corrected chi connectivity index (χ2v) is 1.86. The van der Waals surface area contributed by atoms with Gasteiger partial charge in [0.15, 0.2) is 0 Å². The van der Waals surface area contributed by atoms with E-state index in [-0.39, 0.29) is 11.3 Å². The van der Waals surface area contributed by atoms with Gasteiger partial charge in [0.1, 0.15) is 11.9 Å². The summed E-state index contributed by atoms with van der Waals surface area (Å²) < 4.78 is 12.4. The van der Waals surface area contributed by atoms with Crippen molar-refractivity contribution in [3.05, 3.63) is 36.1 Å². The molecule has 0 fully saturated rings. The van der Waals surface area contributed by atoms with Crippen molar-refractivity contribution in [1.29, 1.82) is 0 Å². The van der Waals surface area contributed by atoms with E-state index in [0.717, 1.165) is 0 Å². The minimum atomic E-state index is -1.21. The molecule has 0 heterocycles. The molecule has 0 saturated heterocycles. The molecule has 1 N–H and O–H groups in total. The summed E-state index contributed by atoms with van der Waals surface area (Å²) in [5.74, 6) is -0.0648. The van der Waals surface area contributed by atoms with Crippen LogP contribution in [0.1, 0.15) is 0 Å². The number of hydrogen-bond donors (Lipinski definition) is 1. The van der Waals surface area contributed by atoms with Crippen LogP contribution in [-0.2, 0) is 0 Å². The van der Waals surface area contributed by atoms with Gasteiger partial charge < -0.3 is 5.11 Å². The molecule has 2 heteroatoms. The molecule has 1 atom stereocenters. The Kier molecular flexibility index (Phi) is 1.39. The van der Waals surface area contributed by atoms with E-state index in [4.69, 9.17) is 5.11 Å². The summed E-state index contributed by atoms with van der Waals surface area (Å²) in [7, 11) is 0. The number of aliphatic hydroxyl groups is 1. The lowest BCUT2D eigenvalue weighted by molar-refractivity contribution is 0.376. The average molecular weight is 126 g/mol. The standard InChI is InChI=1S/C7H7FO/c1-5-6(8)3-2-4-7(5)9/h2-4,6,9H,1H2. The van der Waals surface area contributed by atoms with Gasteiger partial charge in [-0.3, -0.25) is 0 Å². The molecule has 1 aliphatic rings. The Balaban J connectivity index is 2.86. The van der Waals surface area contributed by atoms with E-state index >= 15 is 0 Å². The lowest BCUT2D eigenvalue weighted by Gasteiger charge is -2.08. The Morgan fingerprint density at radius 1 is 1.67 bits per heavy atom. The van der Waals surface area contributed by atoms with E-state index in [2.05, 4.69) is 6.58 Å². The Labute approximate surface area is 52.8 Å². The van der Waals surface area contributed by atoms with Crippen molar-refractivity contribution in [2.45, 2.75) is 6.17 Å². The zero-order valence-electron chi connectivity index (χ0n) is 4.84. The molecule has 9 heavy (non-hydrogen) atoms. The maximum Gasteiger partial charge on any atom is 0.147 e. The summed E-state index contributed by atoms with van der Waals surface area (Å²) in [5, 5.41) is 8.82. The van der Waals surface area contributed by atoms with E-state index in [0.29, 0.717) is 0 Å². The molecule has 1 unspecified atom stereocenters. The monoisotopic (exact) mass is 126 g/mol. The van der Waals surface area contributed by atoms with Crippen LogP contribution < -0.4 is 0 Å². The maximum atomic E-state index is 12.4. The zero-order chi connectivity index (χ0) is 6.85. The third-order valence-electron chi connectivity index (χ3n) is 1.20. The quantitative estimate of drug-likeness (QED) is 0.525. The highest BCUT2D eigenvalue weighted by molar-refractivity contribution is 5.36. The molecule has 48 valence electrons. The van der Waals surface area contributed by atoms with E-state index in [1.165, 1.54) is 18.2 Å². The normalized spacial score (nSPS) is 26.1. The van der Waals surface area contributed by atoms with E-state index < -0.39 is 6.17 Å². The third kappa shape index (κ3) is 1.02. The van der Waals surface area contributed by atoms with E-state index in [1.54, 1.807) is 0 Å². The number of aliphatic hydroxyl groups excluding tert-OH is 1. The number of halogens is 1. The highest BCUT2D eigenvalue weighted by Gasteiger charge is 2.12. The van der Waals surface area contributed by atoms with Gasteiger partial charge in [-0.15, -0.1) is 0 Å². The molecule has 0 aromatic carbocycles. The molecule has 1 aliphatic carbocycles. The maximum absolute atomic E-state index is 12.4. The molecule has 0 aromatic rings. The predicted molar refractivity (Wildman–Crippen MR) is 33.9 cm³/mol. The van der Waals surface area contributed by atoms with E-state index in [9.17, 15) is 4.39 Å². The van der Waals surface area contributed by atoms with Crippen molar-refractivity contribution in [2.75, 3.05) is 0 Å². The summed E-state index contributed by atoms with van der Waals surface area (Å²) in [6.07, 6.45) is 3.00. The van der Waals surface area contributed by atoms with Crippen molar-refractivity contribution in [3.8, 4) is 0 Å². The van der Waals surface area contributed by atoms with Crippen LogP contribution in [0.5, 0.6) is 0 Å². The van der Waals surface area contributed by atoms with Gasteiger partial charge in [-0.1, -0.05) is 12.7 Å². The van der Waals surface area contributed by atoms with Crippen molar-refractivity contribution in [3.63, 3.8) is 0 Å². The van der Waals surface area contributed by atoms with Gasteiger partial charge in [0.05, 0.1) is 0 Å². The van der Waals surface area contributed by atoms with Gasteiger partial charge in [0.25, 0.3) is 0 Å². The first-order valence-electron chi connectivity index (χ1n) is 2.62. The van der Waals surface area contributed by atoms with Crippen LogP contribution in [0.15, 0.2) is 36.1 Å². The van der Waals surface area contributed by atoms with Crippen LogP contribution >= 0.6 is 0 Å². The van der Waals surface area contributed by atoms with Crippen LogP contribution in [0.4, 0.5) is 4.39 Å². The summed E-state index contributed by atoms with van der Waals surface area (Å²) >= 11 is 0. The topological polar surface area (TPSA) is 20.2 Å². The van der Waals surface area contributed by atoms with Crippen LogP contribution in [0.25, 0.3) is 0 Å². The van der Waals surface area contributed by atoms with Gasteiger partial charge in [-0.05, 0) is 12.2 Å². The lowest BCUT2D eigenvalue weighted by atomic mass is 10.1. The van der Waals surface area contributed by atoms with Crippen molar-refractivity contribution >= 4 is 0 Å². The average Bonchev–Trinajstić information content (AvgIpc) is 1.83. The van der Waals surface area contributed by atoms with Crippen LogP contribution in [0.2, 0.25) is 0 Å². The Hall–Kier alpha value is -1.05. The molecule has 0 amide bonds. The van der Waals surface area contributed by atoms with E-state index in [1.807, 2.05) is 0 Å². The highest BCUT2D eigenvalue weighted by atomic mass is 19.1. The Bertz CT molecular complexity index is 191. The number of rotatable bonds is 0. The number of hydrogen-bond acceptors (Lipinski definition) is 1. The summed E-state index contributed by atoms with van der Waals surface area (Å²) in [6, 6.07) is 0. The molecular formula is C7H7FO. The molecule has 0 aromatic heterocycles. The largest absolute Gasteiger partial charge is 0.508 e. The SMILES string of the molecule is C=C1C(O)=CC=CC1F. The summed E-state index contributed by atoms with van der Waals surface area (Å²) in [5.41, 5.74) is 0.137. The molecular weight excluding hydrogens is 119 g/mol. The summed E-state index contributed by atoms with van der Waals surface area (Å²) in [6.45, 7) is 3.33. The fourth-order valence-electron chi connectivity index (χ4n) is 0.609. The molecule has 0 spiro atoms. The zero-order valence-corrected chi connectivity index (χ0v) is 4.84. The lowest BCUT2D eigenvalue weighted by Crippen LogP contribution is -2.04. The summed E-state index contributed by atoms with van der Waals surface area (Å²) in [4.78, 5) is 0. The fraction of sp³-hybridized carbons (Fsp3) is 0.143. The van der Waals surface area contributed by atoms with Crippen molar-refractivity contribution < 1.29 is 9.50 Å². The third-order valence-corrected chi connectivity index (χ3v) is 1.20. The van der Waals surface area contributed by atoms with Gasteiger partial charge in [-0.25, -0.2) is 4.39 Å². The van der Waals surface area contributed by atoms with Gasteiger partial charge in [0, 0.05) is 5.57 Å². The minimum absolute atomic E-state index is 0.0648. The molecule has 0 aliphatic heterocycles. The minimum Gasteiger partial charge on any atom is -0.508 e. The second-order valence-electron chi connectivity index (χ2n) is 1.86. The van der Waals surface area contributed by atoms with Gasteiger partial charge in [0.2, 0.25) is 0 Å². The molecule has 1 rings (SSSR count). The Morgan fingerprint density at radius 3 is 2.78 bits per heavy atom. The number of allylic oxidation sites excluding steroid dienone is 4. The molecule has 0 radical (unpaired) electrons. The predicted octanol–water partition coefficient (Wildman–Crippen LogP) is 1.89. The Morgan fingerprint density at radius 2 is 2.33 bits per heavy atom. The van der Waals surface area contributed by atoms with Gasteiger partial charge >= 0.3 is 0 Å². The smallest absolute Gasteiger partial charge is 0.147 e. The van der Waals surface area contributed by atoms with Crippen LogP contribution in [0, 0.1) is 0 Å². The molecule has 0 saturated carbocycles. The van der Waals surface area contributed by atoms with Gasteiger partial charge in [-0.2, -0.15) is 0 Å². The van der Waals surface area contributed by atoms with Crippen LogP contribution in [0.3, 0.4) is 0 Å². The highest BCUT2D eigenvalue weighted by Crippen LogP contribution is 2.17. The molecule has 1 nitrogen and oxygen atoms in total. The second kappa shape index (κ2) is 2.05. The van der Waals surface area contributed by atoms with Crippen molar-refractivity contribution in [1.82, 2.24) is 0 Å². The first kappa shape index (κ1) is 6.08. The number of alkyl halides is 1. The fourth-order valence-corrected chi connectivity index (χ4v) is 0.609. The first-order valence-corrected chi connectivity index (χ1v) is 2.62. The first-order chi connectivity index (χ1) is 4.22. The molecule has 0 bridgehead atoms.